The first-order valence-corrected chi connectivity index (χ1v) is 8.50. The van der Waals surface area contributed by atoms with E-state index < -0.39 is 0 Å². The molecule has 0 heterocycles. The first-order chi connectivity index (χ1) is 9.86. The van der Waals surface area contributed by atoms with Crippen LogP contribution in [0.2, 0.25) is 0 Å². The van der Waals surface area contributed by atoms with Crippen LogP contribution in [0, 0.1) is 0 Å². The highest BCUT2D eigenvalue weighted by Crippen LogP contribution is 2.20. The van der Waals surface area contributed by atoms with Gasteiger partial charge in [0.05, 0.1) is 6.10 Å². The van der Waals surface area contributed by atoms with Gasteiger partial charge in [-0.1, -0.05) is 32.6 Å². The third-order valence-corrected chi connectivity index (χ3v) is 3.65. The Morgan fingerprint density at radius 1 is 1.10 bits per heavy atom. The molecule has 0 radical (unpaired) electrons. The van der Waals surface area contributed by atoms with E-state index in [0.29, 0.717) is 6.10 Å². The summed E-state index contributed by atoms with van der Waals surface area (Å²) in [5.41, 5.74) is 0. The van der Waals surface area contributed by atoms with E-state index in [1.807, 2.05) is 0 Å². The van der Waals surface area contributed by atoms with Crippen molar-refractivity contribution >= 4 is 5.96 Å². The molecule has 20 heavy (non-hydrogen) atoms. The summed E-state index contributed by atoms with van der Waals surface area (Å²) in [7, 11) is 0. The molecule has 4 nitrogen and oxygen atoms in total. The summed E-state index contributed by atoms with van der Waals surface area (Å²) in [4.78, 5) is 4.59. The van der Waals surface area contributed by atoms with Gasteiger partial charge in [0, 0.05) is 26.2 Å². The third kappa shape index (κ3) is 8.41. The number of ether oxygens (including phenoxy) is 1. The van der Waals surface area contributed by atoms with E-state index in [1.165, 1.54) is 44.9 Å². The normalized spacial score (nSPS) is 16.6. The van der Waals surface area contributed by atoms with Gasteiger partial charge in [0.2, 0.25) is 0 Å². The Hall–Kier alpha value is -0.770. The predicted molar refractivity (Wildman–Crippen MR) is 86.3 cm³/mol. The zero-order chi connectivity index (χ0) is 14.5. The smallest absolute Gasteiger partial charge is 0.191 e. The van der Waals surface area contributed by atoms with Crippen LogP contribution in [0.3, 0.4) is 0 Å². The third-order valence-electron chi connectivity index (χ3n) is 3.65. The van der Waals surface area contributed by atoms with Gasteiger partial charge >= 0.3 is 0 Å². The fraction of sp³-hybridized carbons (Fsp3) is 0.938. The second-order valence-corrected chi connectivity index (χ2v) is 5.53. The summed E-state index contributed by atoms with van der Waals surface area (Å²) < 4.78 is 5.85. The van der Waals surface area contributed by atoms with E-state index in [2.05, 4.69) is 29.5 Å². The average Bonchev–Trinajstić information content (AvgIpc) is 2.96. The van der Waals surface area contributed by atoms with Gasteiger partial charge in [0.25, 0.3) is 0 Å². The Balaban J connectivity index is 2.07. The van der Waals surface area contributed by atoms with Gasteiger partial charge in [0.15, 0.2) is 5.96 Å². The molecule has 1 saturated carbocycles. The second kappa shape index (κ2) is 12.0. The van der Waals surface area contributed by atoms with Crippen LogP contribution in [0.5, 0.6) is 0 Å². The summed E-state index contributed by atoms with van der Waals surface area (Å²) in [6.45, 7) is 7.95. The highest BCUT2D eigenvalue weighted by atomic mass is 16.5. The fourth-order valence-corrected chi connectivity index (χ4v) is 2.48. The largest absolute Gasteiger partial charge is 0.378 e. The van der Waals surface area contributed by atoms with Crippen LogP contribution in [0.1, 0.15) is 65.2 Å². The van der Waals surface area contributed by atoms with E-state index in [1.54, 1.807) is 0 Å². The number of aliphatic imine (C=N–C) groups is 1. The van der Waals surface area contributed by atoms with Crippen LogP contribution in [0.4, 0.5) is 0 Å². The number of nitrogens with one attached hydrogen (secondary N) is 2. The van der Waals surface area contributed by atoms with Crippen molar-refractivity contribution in [1.82, 2.24) is 10.6 Å². The van der Waals surface area contributed by atoms with Gasteiger partial charge in [-0.3, -0.25) is 4.99 Å². The van der Waals surface area contributed by atoms with Gasteiger partial charge in [-0.15, -0.1) is 0 Å². The minimum atomic E-state index is 0.527. The summed E-state index contributed by atoms with van der Waals surface area (Å²) in [6.07, 6.45) is 10.5. The Labute approximate surface area is 124 Å². The van der Waals surface area contributed by atoms with Crippen LogP contribution in [0.25, 0.3) is 0 Å². The lowest BCUT2D eigenvalue weighted by Gasteiger charge is -2.12. The molecule has 0 unspecified atom stereocenters. The molecule has 0 aromatic heterocycles. The van der Waals surface area contributed by atoms with Crippen molar-refractivity contribution in [2.45, 2.75) is 71.3 Å². The van der Waals surface area contributed by atoms with Crippen LogP contribution in [-0.4, -0.2) is 38.3 Å². The Bertz CT molecular complexity index is 250. The molecule has 0 aromatic carbocycles. The van der Waals surface area contributed by atoms with Gasteiger partial charge in [0.1, 0.15) is 0 Å². The van der Waals surface area contributed by atoms with E-state index in [9.17, 15) is 0 Å². The summed E-state index contributed by atoms with van der Waals surface area (Å²) in [6, 6.07) is 0. The van der Waals surface area contributed by atoms with Crippen LogP contribution in [0.15, 0.2) is 4.99 Å². The Kier molecular flexibility index (Phi) is 10.4. The number of unbranched alkanes of at least 4 members (excludes halogenated alkanes) is 2. The minimum absolute atomic E-state index is 0.527. The maximum atomic E-state index is 5.85. The Morgan fingerprint density at radius 2 is 1.90 bits per heavy atom. The molecule has 118 valence electrons. The summed E-state index contributed by atoms with van der Waals surface area (Å²) >= 11 is 0. The monoisotopic (exact) mass is 283 g/mol. The van der Waals surface area contributed by atoms with E-state index in [0.717, 1.165) is 38.6 Å². The molecule has 0 aromatic rings. The topological polar surface area (TPSA) is 45.7 Å². The zero-order valence-corrected chi connectivity index (χ0v) is 13.4. The lowest BCUT2D eigenvalue weighted by molar-refractivity contribution is 0.0579. The minimum Gasteiger partial charge on any atom is -0.378 e. The molecule has 2 N–H and O–H groups in total. The lowest BCUT2D eigenvalue weighted by Crippen LogP contribution is -2.37. The number of hydrogen-bond donors (Lipinski definition) is 2. The molecular weight excluding hydrogens is 250 g/mol. The fourth-order valence-electron chi connectivity index (χ4n) is 2.48. The SMILES string of the molecule is CCCCCNC(=NCCCOC1CCCC1)NCC. The molecule has 0 saturated heterocycles. The maximum absolute atomic E-state index is 5.85. The van der Waals surface area contributed by atoms with Gasteiger partial charge in [-0.05, 0) is 32.6 Å². The molecule has 1 aliphatic carbocycles. The molecular formula is C16H33N3O. The van der Waals surface area contributed by atoms with Gasteiger partial charge in [-0.25, -0.2) is 0 Å². The highest BCUT2D eigenvalue weighted by molar-refractivity contribution is 5.79. The summed E-state index contributed by atoms with van der Waals surface area (Å²) in [5, 5.41) is 6.68. The quantitative estimate of drug-likeness (QED) is 0.368. The number of guanidine groups is 1. The standard InChI is InChI=1S/C16H33N3O/c1-3-5-8-12-18-16(17-4-2)19-13-9-14-20-15-10-6-7-11-15/h15H,3-14H2,1-2H3,(H2,17,18,19). The number of hydrogen-bond acceptors (Lipinski definition) is 2. The first kappa shape index (κ1) is 17.3. The summed E-state index contributed by atoms with van der Waals surface area (Å²) in [5.74, 6) is 0.949. The van der Waals surface area contributed by atoms with E-state index >= 15 is 0 Å². The van der Waals surface area contributed by atoms with Gasteiger partial charge in [-0.2, -0.15) is 0 Å². The molecule has 0 bridgehead atoms. The predicted octanol–water partition coefficient (Wildman–Crippen LogP) is 3.08. The number of nitrogens with zero attached hydrogens (tertiary/aromatic N) is 1. The van der Waals surface area contributed by atoms with Crippen molar-refractivity contribution in [3.8, 4) is 0 Å². The Morgan fingerprint density at radius 3 is 2.60 bits per heavy atom. The molecule has 0 aliphatic heterocycles. The van der Waals surface area contributed by atoms with Crippen LogP contribution in [-0.2, 0) is 4.74 Å². The van der Waals surface area contributed by atoms with E-state index in [-0.39, 0.29) is 0 Å². The molecule has 0 amide bonds. The molecule has 1 fully saturated rings. The molecule has 1 aliphatic rings. The first-order valence-electron chi connectivity index (χ1n) is 8.50. The van der Waals surface area contributed by atoms with Crippen molar-refractivity contribution < 1.29 is 4.74 Å². The van der Waals surface area contributed by atoms with Gasteiger partial charge < -0.3 is 15.4 Å². The molecule has 0 spiro atoms. The highest BCUT2D eigenvalue weighted by Gasteiger charge is 2.14. The van der Waals surface area contributed by atoms with Crippen molar-refractivity contribution in [1.29, 1.82) is 0 Å². The molecule has 4 heteroatoms. The zero-order valence-electron chi connectivity index (χ0n) is 13.4. The van der Waals surface area contributed by atoms with Crippen molar-refractivity contribution in [3.63, 3.8) is 0 Å². The average molecular weight is 283 g/mol. The molecule has 0 atom stereocenters. The van der Waals surface area contributed by atoms with E-state index in [4.69, 9.17) is 4.74 Å². The van der Waals surface area contributed by atoms with Crippen molar-refractivity contribution in [2.24, 2.45) is 4.99 Å². The van der Waals surface area contributed by atoms with Crippen LogP contribution < -0.4 is 10.6 Å². The maximum Gasteiger partial charge on any atom is 0.191 e. The molecule has 1 rings (SSSR count). The van der Waals surface area contributed by atoms with Crippen molar-refractivity contribution in [2.75, 3.05) is 26.2 Å². The lowest BCUT2D eigenvalue weighted by atomic mass is 10.2. The number of rotatable bonds is 10. The van der Waals surface area contributed by atoms with Crippen molar-refractivity contribution in [3.05, 3.63) is 0 Å². The second-order valence-electron chi connectivity index (χ2n) is 5.53. The van der Waals surface area contributed by atoms with Crippen LogP contribution >= 0.6 is 0 Å².